The fourth-order valence-corrected chi connectivity index (χ4v) is 3.55. The van der Waals surface area contributed by atoms with Crippen molar-refractivity contribution in [2.75, 3.05) is 0 Å². The number of carbonyl (C=O) groups excluding carboxylic acids is 1. The maximum atomic E-state index is 14.6. The minimum Gasteiger partial charge on any atom is -0.459 e. The highest BCUT2D eigenvalue weighted by Crippen LogP contribution is 2.43. The zero-order valence-electron chi connectivity index (χ0n) is 17.6. The molecule has 0 saturated carbocycles. The summed E-state index contributed by atoms with van der Waals surface area (Å²) < 4.78 is 68.1. The van der Waals surface area contributed by atoms with E-state index in [9.17, 15) is 22.4 Å². The average molecular weight is 495 g/mol. The van der Waals surface area contributed by atoms with Gasteiger partial charge in [0.25, 0.3) is 0 Å². The molecule has 0 bridgehead atoms. The summed E-state index contributed by atoms with van der Waals surface area (Å²) in [5.74, 6) is -2.52. The molecule has 0 spiro atoms. The lowest BCUT2D eigenvalue weighted by molar-refractivity contribution is -0.142. The molecule has 4 aromatic rings. The van der Waals surface area contributed by atoms with E-state index in [0.717, 1.165) is 12.3 Å². The molecule has 0 atom stereocenters. The van der Waals surface area contributed by atoms with Crippen LogP contribution in [0, 0.1) is 5.82 Å². The van der Waals surface area contributed by atoms with Gasteiger partial charge in [-0.1, -0.05) is 22.8 Å². The molecule has 12 heteroatoms. The smallest absolute Gasteiger partial charge is 0.434 e. The van der Waals surface area contributed by atoms with Gasteiger partial charge in [-0.25, -0.2) is 13.9 Å². The number of alkyl halides is 3. The molecule has 3 aromatic heterocycles. The Bertz CT molecular complexity index is 1330. The van der Waals surface area contributed by atoms with Gasteiger partial charge in [-0.05, 0) is 38.1 Å². The van der Waals surface area contributed by atoms with E-state index in [1.165, 1.54) is 36.7 Å². The van der Waals surface area contributed by atoms with Gasteiger partial charge in [0.2, 0.25) is 0 Å². The Hall–Kier alpha value is -3.73. The normalized spacial score (nSPS) is 11.8. The van der Waals surface area contributed by atoms with E-state index in [1.54, 1.807) is 13.8 Å². The molecule has 1 aromatic carbocycles. The van der Waals surface area contributed by atoms with E-state index < -0.39 is 52.3 Å². The first-order chi connectivity index (χ1) is 16.1. The van der Waals surface area contributed by atoms with Crippen molar-refractivity contribution in [1.82, 2.24) is 19.9 Å². The standard InChI is InChI=1S/C22H15ClF4N4O3/c1-11(2)33-21(32)17-18(16-14(23)6-3-7-15(16)24)30-34-19(17)13-10-29-31(20(13)22(25,26)27)12-5-4-8-28-9-12/h3-11H,1-2H3. The Balaban J connectivity index is 2.00. The number of nitrogens with zero attached hydrogens (tertiary/aromatic N) is 4. The van der Waals surface area contributed by atoms with Crippen LogP contribution in [0.1, 0.15) is 29.9 Å². The number of aromatic nitrogens is 4. The Morgan fingerprint density at radius 1 is 1.18 bits per heavy atom. The third kappa shape index (κ3) is 4.26. The molecule has 34 heavy (non-hydrogen) atoms. The van der Waals surface area contributed by atoms with Gasteiger partial charge < -0.3 is 9.26 Å². The first-order valence-electron chi connectivity index (χ1n) is 9.80. The van der Waals surface area contributed by atoms with Crippen LogP contribution in [0.2, 0.25) is 5.02 Å². The Morgan fingerprint density at radius 3 is 2.56 bits per heavy atom. The Morgan fingerprint density at radius 2 is 1.94 bits per heavy atom. The van der Waals surface area contributed by atoms with E-state index in [-0.39, 0.29) is 16.3 Å². The zero-order valence-corrected chi connectivity index (χ0v) is 18.4. The van der Waals surface area contributed by atoms with Crippen molar-refractivity contribution < 1.29 is 31.6 Å². The molecule has 0 fully saturated rings. The van der Waals surface area contributed by atoms with Gasteiger partial charge in [-0.15, -0.1) is 0 Å². The molecule has 0 aliphatic rings. The second-order valence-corrected chi connectivity index (χ2v) is 7.72. The number of hydrogen-bond acceptors (Lipinski definition) is 6. The summed E-state index contributed by atoms with van der Waals surface area (Å²) in [6, 6.07) is 6.54. The quantitative estimate of drug-likeness (QED) is 0.251. The summed E-state index contributed by atoms with van der Waals surface area (Å²) in [5, 5.41) is 7.40. The van der Waals surface area contributed by atoms with Gasteiger partial charge in [0, 0.05) is 6.20 Å². The monoisotopic (exact) mass is 494 g/mol. The summed E-state index contributed by atoms with van der Waals surface area (Å²) in [5.41, 5.74) is -3.06. The summed E-state index contributed by atoms with van der Waals surface area (Å²) in [7, 11) is 0. The number of rotatable bonds is 5. The number of esters is 1. The molecule has 0 saturated heterocycles. The largest absolute Gasteiger partial charge is 0.459 e. The van der Waals surface area contributed by atoms with Gasteiger partial charge in [0.1, 0.15) is 17.1 Å². The predicted molar refractivity (Wildman–Crippen MR) is 113 cm³/mol. The number of benzene rings is 1. The first-order valence-corrected chi connectivity index (χ1v) is 10.2. The van der Waals surface area contributed by atoms with E-state index >= 15 is 0 Å². The van der Waals surface area contributed by atoms with Crippen LogP contribution < -0.4 is 0 Å². The van der Waals surface area contributed by atoms with Gasteiger partial charge in [0.05, 0.1) is 40.3 Å². The minimum absolute atomic E-state index is 0.0178. The summed E-state index contributed by atoms with van der Waals surface area (Å²) in [4.78, 5) is 16.8. The van der Waals surface area contributed by atoms with Gasteiger partial charge in [-0.3, -0.25) is 4.98 Å². The fourth-order valence-electron chi connectivity index (χ4n) is 3.29. The van der Waals surface area contributed by atoms with E-state index in [4.69, 9.17) is 20.9 Å². The van der Waals surface area contributed by atoms with Crippen LogP contribution in [0.5, 0.6) is 0 Å². The molecule has 0 unspecified atom stereocenters. The minimum atomic E-state index is -4.93. The Kier molecular flexibility index (Phi) is 6.13. The molecular weight excluding hydrogens is 480 g/mol. The van der Waals surface area contributed by atoms with Crippen LogP contribution in [0.25, 0.3) is 28.3 Å². The predicted octanol–water partition coefficient (Wildman–Crippen LogP) is 5.97. The topological polar surface area (TPSA) is 83.0 Å². The highest BCUT2D eigenvalue weighted by Gasteiger charge is 2.42. The van der Waals surface area contributed by atoms with Crippen LogP contribution in [-0.2, 0) is 10.9 Å². The van der Waals surface area contributed by atoms with Crippen molar-refractivity contribution in [3.05, 3.63) is 71.0 Å². The SMILES string of the molecule is CC(C)OC(=O)c1c(-c2c(F)cccc2Cl)noc1-c1cnn(-c2cccnc2)c1C(F)(F)F. The number of hydrogen-bond donors (Lipinski definition) is 0. The second-order valence-electron chi connectivity index (χ2n) is 7.31. The van der Waals surface area contributed by atoms with Crippen molar-refractivity contribution in [3.8, 4) is 28.3 Å². The lowest BCUT2D eigenvalue weighted by Crippen LogP contribution is -2.16. The van der Waals surface area contributed by atoms with Crippen molar-refractivity contribution in [1.29, 1.82) is 0 Å². The van der Waals surface area contributed by atoms with E-state index in [1.807, 2.05) is 0 Å². The van der Waals surface area contributed by atoms with Crippen LogP contribution in [-0.4, -0.2) is 32.0 Å². The van der Waals surface area contributed by atoms with Crippen LogP contribution in [0.15, 0.2) is 53.4 Å². The molecule has 0 radical (unpaired) electrons. The molecule has 0 aliphatic heterocycles. The number of ether oxygens (including phenoxy) is 1. The second kappa shape index (κ2) is 8.90. The number of halogens is 5. The molecule has 7 nitrogen and oxygen atoms in total. The third-order valence-electron chi connectivity index (χ3n) is 4.61. The van der Waals surface area contributed by atoms with Crippen molar-refractivity contribution in [3.63, 3.8) is 0 Å². The molecule has 0 amide bonds. The zero-order chi connectivity index (χ0) is 24.6. The molecule has 3 heterocycles. The van der Waals surface area contributed by atoms with Gasteiger partial charge in [0.15, 0.2) is 11.5 Å². The highest BCUT2D eigenvalue weighted by atomic mass is 35.5. The summed E-state index contributed by atoms with van der Waals surface area (Å²) in [6.07, 6.45) is -2.12. The van der Waals surface area contributed by atoms with Crippen LogP contribution in [0.4, 0.5) is 17.6 Å². The van der Waals surface area contributed by atoms with Gasteiger partial charge >= 0.3 is 12.1 Å². The molecule has 176 valence electrons. The Labute approximate surface area is 194 Å². The maximum absolute atomic E-state index is 14.6. The summed E-state index contributed by atoms with van der Waals surface area (Å²) >= 11 is 6.11. The third-order valence-corrected chi connectivity index (χ3v) is 4.93. The number of pyridine rings is 1. The van der Waals surface area contributed by atoms with Crippen molar-refractivity contribution in [2.24, 2.45) is 0 Å². The van der Waals surface area contributed by atoms with Crippen molar-refractivity contribution in [2.45, 2.75) is 26.1 Å². The number of carbonyl (C=O) groups is 1. The average Bonchev–Trinajstić information content (AvgIpc) is 3.38. The summed E-state index contributed by atoms with van der Waals surface area (Å²) in [6.45, 7) is 3.09. The van der Waals surface area contributed by atoms with Crippen molar-refractivity contribution >= 4 is 17.6 Å². The first kappa shape index (κ1) is 23.4. The molecular formula is C22H15ClF4N4O3. The molecule has 0 aliphatic carbocycles. The lowest BCUT2D eigenvalue weighted by Gasteiger charge is -2.13. The van der Waals surface area contributed by atoms with Gasteiger partial charge in [-0.2, -0.15) is 18.3 Å². The maximum Gasteiger partial charge on any atom is 0.434 e. The molecule has 4 rings (SSSR count). The van der Waals surface area contributed by atoms with Crippen LogP contribution >= 0.6 is 11.6 Å². The lowest BCUT2D eigenvalue weighted by atomic mass is 10.0. The van der Waals surface area contributed by atoms with Crippen LogP contribution in [0.3, 0.4) is 0 Å². The van der Waals surface area contributed by atoms with E-state index in [0.29, 0.717) is 4.68 Å². The fraction of sp³-hybridized carbons (Fsp3) is 0.182. The van der Waals surface area contributed by atoms with E-state index in [2.05, 4.69) is 15.2 Å². The molecule has 0 N–H and O–H groups in total. The highest BCUT2D eigenvalue weighted by molar-refractivity contribution is 6.33.